The number of hydrogen-bond donors (Lipinski definition) is 4. The first-order chi connectivity index (χ1) is 23.5. The lowest BCUT2D eigenvalue weighted by Crippen LogP contribution is -2.16. The van der Waals surface area contributed by atoms with E-state index in [4.69, 9.17) is 5.41 Å². The second-order valence-electron chi connectivity index (χ2n) is 12.4. The van der Waals surface area contributed by atoms with E-state index in [0.717, 1.165) is 67.3 Å². The molecule has 0 aliphatic heterocycles. The summed E-state index contributed by atoms with van der Waals surface area (Å²) in [6.45, 7) is 26.7. The normalized spacial score (nSPS) is 13.6. The molecule has 1 heterocycles. The van der Waals surface area contributed by atoms with E-state index in [9.17, 15) is 4.79 Å². The third-order valence-electron chi connectivity index (χ3n) is 7.83. The second-order valence-corrected chi connectivity index (χ2v) is 12.4. The molecular weight excluding hydrogens is 607 g/mol. The molecule has 0 bridgehead atoms. The van der Waals surface area contributed by atoms with Crippen LogP contribution in [-0.4, -0.2) is 24.2 Å². The third-order valence-corrected chi connectivity index (χ3v) is 7.83. The lowest BCUT2D eigenvalue weighted by Gasteiger charge is -2.22. The molecule has 49 heavy (non-hydrogen) atoms. The molecule has 1 aromatic carbocycles. The summed E-state index contributed by atoms with van der Waals surface area (Å²) in [5.41, 5.74) is 13.7. The van der Waals surface area contributed by atoms with Crippen molar-refractivity contribution in [2.24, 2.45) is 11.7 Å². The number of aromatic amines is 1. The molecule has 5 N–H and O–H groups in total. The summed E-state index contributed by atoms with van der Waals surface area (Å²) in [5, 5.41) is 11.5. The lowest BCUT2D eigenvalue weighted by molar-refractivity contribution is 0.418. The van der Waals surface area contributed by atoms with Gasteiger partial charge in [-0.05, 0) is 119 Å². The molecule has 1 aliphatic carbocycles. The number of H-pyrrole nitrogens is 1. The van der Waals surface area contributed by atoms with Crippen LogP contribution >= 0.6 is 0 Å². The van der Waals surface area contributed by atoms with Crippen LogP contribution < -0.4 is 11.1 Å². The van der Waals surface area contributed by atoms with E-state index in [2.05, 4.69) is 81.4 Å². The predicted octanol–water partition coefficient (Wildman–Crippen LogP) is 11.9. The number of aromatic nitrogens is 1. The Morgan fingerprint density at radius 2 is 1.67 bits per heavy atom. The lowest BCUT2D eigenvalue weighted by atomic mass is 9.81. The van der Waals surface area contributed by atoms with Gasteiger partial charge >= 0.3 is 0 Å². The molecule has 0 spiro atoms. The summed E-state index contributed by atoms with van der Waals surface area (Å²) in [6.07, 6.45) is 12.1. The van der Waals surface area contributed by atoms with Crippen molar-refractivity contribution in [2.75, 3.05) is 7.05 Å². The minimum atomic E-state index is -0.344. The molecule has 3 rings (SSSR count). The summed E-state index contributed by atoms with van der Waals surface area (Å²) in [6, 6.07) is 8.56. The van der Waals surface area contributed by atoms with Crippen LogP contribution in [0.5, 0.6) is 0 Å². The number of carbonyl (C=O) groups excluding carboxylic acids is 1. The van der Waals surface area contributed by atoms with Gasteiger partial charge in [-0.15, -0.1) is 0 Å². The van der Waals surface area contributed by atoms with Crippen LogP contribution in [0, 0.1) is 25.2 Å². The van der Waals surface area contributed by atoms with Gasteiger partial charge in [0.05, 0.1) is 5.69 Å². The van der Waals surface area contributed by atoms with Crippen LogP contribution in [0.1, 0.15) is 147 Å². The molecule has 0 amide bonds. The number of hydrogen-bond acceptors (Lipinski definition) is 4. The topological polar surface area (TPSA) is 94.8 Å². The first-order valence-electron chi connectivity index (χ1n) is 18.6. The Hall–Kier alpha value is -3.47. The van der Waals surface area contributed by atoms with Crippen molar-refractivity contribution in [3.8, 4) is 0 Å². The standard InChI is InChI=1S/C34H44FN3O.2C3H8.C2H6.CH5N/c1-7-27-18-26(15-16-29(27)14-10-13-28-11-8-9-12-30(28)21-39)20-37-25(6)31(19-36)32(33(35)22(2)3)34-23(4)17-24(5)38-34;2*1-3-2;2*1-2/h15-19,28,36-38H,6-14,20H2,1-5H3;2*3H2,1-2H3;1-2H3;2H2,1H3/b32-31+,36-19?;;;;. The van der Waals surface area contributed by atoms with E-state index >= 15 is 4.39 Å². The first-order valence-corrected chi connectivity index (χ1v) is 18.6. The molecule has 2 aromatic rings. The van der Waals surface area contributed by atoms with Crippen LogP contribution in [0.15, 0.2) is 59.1 Å². The van der Waals surface area contributed by atoms with Crippen LogP contribution in [0.4, 0.5) is 4.39 Å². The first kappa shape index (κ1) is 47.6. The van der Waals surface area contributed by atoms with Gasteiger partial charge in [0.1, 0.15) is 11.8 Å². The van der Waals surface area contributed by atoms with E-state index in [-0.39, 0.29) is 5.83 Å². The maximum atomic E-state index is 15.4. The fourth-order valence-electron chi connectivity index (χ4n) is 5.65. The smallest absolute Gasteiger partial charge is 0.131 e. The quantitative estimate of drug-likeness (QED) is 0.102. The summed E-state index contributed by atoms with van der Waals surface area (Å²) in [4.78, 5) is 14.6. The van der Waals surface area contributed by atoms with E-state index < -0.39 is 0 Å². The third kappa shape index (κ3) is 16.7. The second kappa shape index (κ2) is 28.4. The van der Waals surface area contributed by atoms with Gasteiger partial charge in [0.2, 0.25) is 0 Å². The van der Waals surface area contributed by atoms with Crippen molar-refractivity contribution >= 4 is 17.7 Å². The van der Waals surface area contributed by atoms with Crippen LogP contribution in [0.3, 0.4) is 0 Å². The molecule has 0 saturated heterocycles. The van der Waals surface area contributed by atoms with Gasteiger partial charge in [0.25, 0.3) is 0 Å². The molecule has 1 aromatic heterocycles. The highest BCUT2D eigenvalue weighted by Gasteiger charge is 2.21. The van der Waals surface area contributed by atoms with E-state index in [1.807, 2.05) is 33.8 Å². The zero-order chi connectivity index (χ0) is 37.9. The Labute approximate surface area is 300 Å². The van der Waals surface area contributed by atoms with Crippen molar-refractivity contribution in [1.29, 1.82) is 5.41 Å². The van der Waals surface area contributed by atoms with Crippen molar-refractivity contribution < 1.29 is 9.18 Å². The number of nitrogens with two attached hydrogens (primary N) is 1. The number of aryl methyl sites for hydroxylation is 4. The van der Waals surface area contributed by atoms with E-state index in [1.165, 1.54) is 43.7 Å². The zero-order valence-corrected chi connectivity index (χ0v) is 33.3. The molecule has 1 aliphatic rings. The maximum Gasteiger partial charge on any atom is 0.131 e. The molecule has 6 heteroatoms. The summed E-state index contributed by atoms with van der Waals surface area (Å²) in [7, 11) is 1.50. The van der Waals surface area contributed by atoms with Crippen molar-refractivity contribution in [1.82, 2.24) is 10.3 Å². The monoisotopic (exact) mass is 679 g/mol. The Morgan fingerprint density at radius 1 is 1.06 bits per heavy atom. The molecule has 5 nitrogen and oxygen atoms in total. The van der Waals surface area contributed by atoms with Crippen molar-refractivity contribution in [3.63, 3.8) is 0 Å². The Balaban J connectivity index is 0. The minimum absolute atomic E-state index is 0.344. The van der Waals surface area contributed by atoms with E-state index in [0.29, 0.717) is 40.6 Å². The summed E-state index contributed by atoms with van der Waals surface area (Å²) < 4.78 is 15.4. The number of halogens is 1. The maximum absolute atomic E-state index is 15.4. The van der Waals surface area contributed by atoms with Crippen molar-refractivity contribution in [3.05, 3.63) is 92.7 Å². The van der Waals surface area contributed by atoms with Gasteiger partial charge in [-0.2, -0.15) is 0 Å². The van der Waals surface area contributed by atoms with Crippen LogP contribution in [0.25, 0.3) is 5.57 Å². The molecule has 276 valence electrons. The number of rotatable bonds is 12. The molecule has 1 saturated carbocycles. The fraction of sp³-hybridized carbons (Fsp3) is 0.558. The molecule has 1 unspecified atom stereocenters. The van der Waals surface area contributed by atoms with Crippen LogP contribution in [-0.2, 0) is 24.2 Å². The predicted molar refractivity (Wildman–Crippen MR) is 215 cm³/mol. The number of nitrogens with one attached hydrogen (secondary N) is 3. The Kier molecular flexibility index (Phi) is 27.6. The molecule has 1 fully saturated rings. The summed E-state index contributed by atoms with van der Waals surface area (Å²) >= 11 is 0. The number of benzene rings is 1. The highest BCUT2D eigenvalue weighted by atomic mass is 19.1. The molecule has 1 atom stereocenters. The van der Waals surface area contributed by atoms with Gasteiger partial charge < -0.3 is 21.4 Å². The minimum Gasteiger partial charge on any atom is -0.381 e. The fourth-order valence-corrected chi connectivity index (χ4v) is 5.65. The molecular formula is C43H71FN4O. The average Bonchev–Trinajstić information content (AvgIpc) is 3.45. The Morgan fingerprint density at radius 3 is 2.16 bits per heavy atom. The van der Waals surface area contributed by atoms with Gasteiger partial charge in [-0.25, -0.2) is 9.18 Å². The average molecular weight is 679 g/mol. The largest absolute Gasteiger partial charge is 0.381 e. The van der Waals surface area contributed by atoms with Gasteiger partial charge in [0.15, 0.2) is 0 Å². The molecule has 0 radical (unpaired) electrons. The van der Waals surface area contributed by atoms with Gasteiger partial charge in [-0.3, -0.25) is 0 Å². The highest BCUT2D eigenvalue weighted by Crippen LogP contribution is 2.34. The zero-order valence-electron chi connectivity index (χ0n) is 33.3. The van der Waals surface area contributed by atoms with Gasteiger partial charge in [0, 0.05) is 40.9 Å². The van der Waals surface area contributed by atoms with Crippen molar-refractivity contribution in [2.45, 2.75) is 147 Å². The van der Waals surface area contributed by atoms with E-state index in [1.54, 1.807) is 13.8 Å². The summed E-state index contributed by atoms with van der Waals surface area (Å²) in [5.74, 6) is 2.27. The Bertz CT molecular complexity index is 1350. The SMILES string of the molecule is C=C(NCc1ccc(CCCC2CCCCC2=C=O)c(CC)c1)/C(C=N)=C(\C(F)=C(C)C)c1[nH]c(C)cc1C.CC.CCC.CCC.CN. The van der Waals surface area contributed by atoms with Crippen LogP contribution in [0.2, 0.25) is 0 Å². The number of allylic oxidation sites excluding steroid dienone is 5. The van der Waals surface area contributed by atoms with Gasteiger partial charge in [-0.1, -0.05) is 92.5 Å². The highest BCUT2D eigenvalue weighted by molar-refractivity contribution is 5.98.